The standard InChI is InChI=1S/C22H25N3O4S/c26-21(17-3-1-7-25(17)22(27)20-4-2-12-30-20)24-10-8-23(9-11-24)14-16-5-6-18-19(13-16)29-15-28-18/h2,4-6,12-13,17H,1,3,7-11,14-15H2/p+1/t17-/m1/s1. The summed E-state index contributed by atoms with van der Waals surface area (Å²) in [5, 5.41) is 1.91. The molecule has 30 heavy (non-hydrogen) atoms. The molecule has 3 aliphatic heterocycles. The summed E-state index contributed by atoms with van der Waals surface area (Å²) in [6.07, 6.45) is 1.66. The quantitative estimate of drug-likeness (QED) is 0.790. The highest BCUT2D eigenvalue weighted by atomic mass is 32.1. The Morgan fingerprint density at radius 3 is 2.73 bits per heavy atom. The van der Waals surface area contributed by atoms with Crippen LogP contribution in [0.2, 0.25) is 0 Å². The van der Waals surface area contributed by atoms with Crippen molar-refractivity contribution in [1.29, 1.82) is 0 Å². The molecule has 2 fully saturated rings. The van der Waals surface area contributed by atoms with Crippen LogP contribution in [-0.2, 0) is 11.3 Å². The van der Waals surface area contributed by atoms with Gasteiger partial charge in [0.15, 0.2) is 11.5 Å². The summed E-state index contributed by atoms with van der Waals surface area (Å²) in [6, 6.07) is 9.52. The van der Waals surface area contributed by atoms with Crippen LogP contribution in [0, 0.1) is 0 Å². The Hall–Kier alpha value is -2.58. The minimum Gasteiger partial charge on any atom is -0.454 e. The van der Waals surface area contributed by atoms with Crippen molar-refractivity contribution in [3.63, 3.8) is 0 Å². The van der Waals surface area contributed by atoms with E-state index >= 15 is 0 Å². The van der Waals surface area contributed by atoms with E-state index in [1.165, 1.54) is 21.8 Å². The van der Waals surface area contributed by atoms with Gasteiger partial charge in [-0.1, -0.05) is 6.07 Å². The number of hydrogen-bond donors (Lipinski definition) is 1. The average molecular weight is 429 g/mol. The first-order valence-electron chi connectivity index (χ1n) is 10.5. The van der Waals surface area contributed by atoms with Crippen LogP contribution >= 0.6 is 11.3 Å². The van der Waals surface area contributed by atoms with Gasteiger partial charge in [0.2, 0.25) is 12.7 Å². The number of rotatable bonds is 4. The van der Waals surface area contributed by atoms with Gasteiger partial charge >= 0.3 is 0 Å². The van der Waals surface area contributed by atoms with E-state index in [-0.39, 0.29) is 17.9 Å². The summed E-state index contributed by atoms with van der Waals surface area (Å²) in [4.78, 5) is 31.9. The first-order chi connectivity index (χ1) is 14.7. The minimum atomic E-state index is -0.310. The molecular weight excluding hydrogens is 402 g/mol. The lowest BCUT2D eigenvalue weighted by molar-refractivity contribution is -0.917. The Labute approximate surface area is 179 Å². The van der Waals surface area contributed by atoms with Crippen LogP contribution in [-0.4, -0.2) is 67.2 Å². The summed E-state index contributed by atoms with van der Waals surface area (Å²) in [5.74, 6) is 1.73. The van der Waals surface area contributed by atoms with E-state index < -0.39 is 0 Å². The zero-order valence-corrected chi connectivity index (χ0v) is 17.7. The first kappa shape index (κ1) is 19.4. The van der Waals surface area contributed by atoms with Gasteiger partial charge in [0.1, 0.15) is 12.6 Å². The van der Waals surface area contributed by atoms with E-state index in [9.17, 15) is 9.59 Å². The second kappa shape index (κ2) is 8.28. The fourth-order valence-corrected chi connectivity index (χ4v) is 5.26. The monoisotopic (exact) mass is 428 g/mol. The summed E-state index contributed by atoms with van der Waals surface area (Å²) >= 11 is 1.44. The van der Waals surface area contributed by atoms with E-state index in [1.54, 1.807) is 4.90 Å². The molecule has 1 N–H and O–H groups in total. The van der Waals surface area contributed by atoms with Gasteiger partial charge in [-0.2, -0.15) is 0 Å². The van der Waals surface area contributed by atoms with Gasteiger partial charge in [0.05, 0.1) is 31.1 Å². The lowest BCUT2D eigenvalue weighted by Crippen LogP contribution is -3.13. The summed E-state index contributed by atoms with van der Waals surface area (Å²) in [6.45, 7) is 5.15. The van der Waals surface area contributed by atoms with E-state index in [2.05, 4.69) is 12.1 Å². The number of likely N-dealkylation sites (tertiary alicyclic amines) is 1. The van der Waals surface area contributed by atoms with Gasteiger partial charge < -0.3 is 24.2 Å². The van der Waals surface area contributed by atoms with Crippen molar-refractivity contribution >= 4 is 23.2 Å². The maximum absolute atomic E-state index is 13.2. The Kier molecular flexibility index (Phi) is 5.35. The molecule has 4 heterocycles. The predicted molar refractivity (Wildman–Crippen MR) is 112 cm³/mol. The van der Waals surface area contributed by atoms with E-state index in [1.807, 2.05) is 28.5 Å². The molecule has 2 saturated heterocycles. The number of quaternary nitrogens is 1. The molecule has 158 valence electrons. The minimum absolute atomic E-state index is 0.00656. The molecule has 2 aromatic rings. The second-order valence-corrected chi connectivity index (χ2v) is 9.02. The van der Waals surface area contributed by atoms with E-state index in [0.717, 1.165) is 57.1 Å². The average Bonchev–Trinajstić information content (AvgIpc) is 3.54. The van der Waals surface area contributed by atoms with Crippen molar-refractivity contribution in [2.75, 3.05) is 39.5 Å². The lowest BCUT2D eigenvalue weighted by atomic mass is 10.1. The van der Waals surface area contributed by atoms with Gasteiger partial charge in [-0.25, -0.2) is 0 Å². The number of amides is 2. The molecule has 0 saturated carbocycles. The van der Waals surface area contributed by atoms with Gasteiger partial charge in [-0.15, -0.1) is 11.3 Å². The summed E-state index contributed by atoms with van der Waals surface area (Å²) in [5.41, 5.74) is 1.22. The molecule has 1 aromatic carbocycles. The Morgan fingerprint density at radius 2 is 1.93 bits per heavy atom. The van der Waals surface area contributed by atoms with Crippen molar-refractivity contribution in [2.24, 2.45) is 0 Å². The number of thiophene rings is 1. The van der Waals surface area contributed by atoms with E-state index in [4.69, 9.17) is 9.47 Å². The number of ether oxygens (including phenoxy) is 2. The van der Waals surface area contributed by atoms with Crippen LogP contribution in [0.1, 0.15) is 28.1 Å². The van der Waals surface area contributed by atoms with Crippen LogP contribution in [0.5, 0.6) is 11.5 Å². The number of benzene rings is 1. The molecule has 1 atom stereocenters. The van der Waals surface area contributed by atoms with Crippen LogP contribution in [0.4, 0.5) is 0 Å². The van der Waals surface area contributed by atoms with Crippen LogP contribution in [0.3, 0.4) is 0 Å². The number of carbonyl (C=O) groups is 2. The largest absolute Gasteiger partial charge is 0.454 e. The molecular formula is C22H26N3O4S+. The Balaban J connectivity index is 1.17. The number of carbonyl (C=O) groups excluding carboxylic acids is 2. The molecule has 0 bridgehead atoms. The van der Waals surface area contributed by atoms with Gasteiger partial charge in [0.25, 0.3) is 5.91 Å². The van der Waals surface area contributed by atoms with Crippen molar-refractivity contribution in [2.45, 2.75) is 25.4 Å². The van der Waals surface area contributed by atoms with Gasteiger partial charge in [-0.05, 0) is 42.5 Å². The summed E-state index contributed by atoms with van der Waals surface area (Å²) in [7, 11) is 0. The maximum Gasteiger partial charge on any atom is 0.264 e. The fraction of sp³-hybridized carbons (Fsp3) is 0.455. The summed E-state index contributed by atoms with van der Waals surface area (Å²) < 4.78 is 10.9. The number of nitrogens with one attached hydrogen (secondary N) is 1. The number of piperazine rings is 1. The molecule has 1 aromatic heterocycles. The number of fused-ring (bicyclic) bond motifs is 1. The molecule has 0 aliphatic carbocycles. The van der Waals surface area contributed by atoms with E-state index in [0.29, 0.717) is 18.2 Å². The topological polar surface area (TPSA) is 63.5 Å². The number of hydrogen-bond acceptors (Lipinski definition) is 5. The molecule has 7 nitrogen and oxygen atoms in total. The predicted octanol–water partition coefficient (Wildman–Crippen LogP) is 1.01. The SMILES string of the molecule is O=C([C@H]1CCCN1C(=O)c1cccs1)N1CC[NH+](Cc2ccc3c(c2)OCO3)CC1. The fourth-order valence-electron chi connectivity index (χ4n) is 4.58. The lowest BCUT2D eigenvalue weighted by Gasteiger charge is -2.35. The molecule has 8 heteroatoms. The molecule has 0 radical (unpaired) electrons. The zero-order chi connectivity index (χ0) is 20.5. The third kappa shape index (κ3) is 3.77. The highest BCUT2D eigenvalue weighted by Crippen LogP contribution is 2.32. The van der Waals surface area contributed by atoms with Crippen molar-refractivity contribution in [3.05, 3.63) is 46.2 Å². The Bertz CT molecular complexity index is 924. The van der Waals surface area contributed by atoms with Crippen LogP contribution in [0.25, 0.3) is 0 Å². The highest BCUT2D eigenvalue weighted by Gasteiger charge is 2.38. The molecule has 2 amide bonds. The van der Waals surface area contributed by atoms with Crippen LogP contribution in [0.15, 0.2) is 35.7 Å². The maximum atomic E-state index is 13.2. The van der Waals surface area contributed by atoms with Crippen molar-refractivity contribution < 1.29 is 24.0 Å². The van der Waals surface area contributed by atoms with Crippen molar-refractivity contribution in [1.82, 2.24) is 9.80 Å². The highest BCUT2D eigenvalue weighted by molar-refractivity contribution is 7.12. The molecule has 0 unspecified atom stereocenters. The molecule has 3 aliphatic rings. The normalized spacial score (nSPS) is 21.3. The third-order valence-electron chi connectivity index (χ3n) is 6.20. The first-order valence-corrected chi connectivity index (χ1v) is 11.4. The van der Waals surface area contributed by atoms with Crippen molar-refractivity contribution in [3.8, 4) is 11.5 Å². The smallest absolute Gasteiger partial charge is 0.264 e. The van der Waals surface area contributed by atoms with Crippen LogP contribution < -0.4 is 14.4 Å². The molecule has 5 rings (SSSR count). The third-order valence-corrected chi connectivity index (χ3v) is 7.06. The van der Waals surface area contributed by atoms with Gasteiger partial charge in [0, 0.05) is 12.1 Å². The second-order valence-electron chi connectivity index (χ2n) is 8.07. The van der Waals surface area contributed by atoms with Gasteiger partial charge in [-0.3, -0.25) is 9.59 Å². The Morgan fingerprint density at radius 1 is 1.10 bits per heavy atom. The number of nitrogens with zero attached hydrogens (tertiary/aromatic N) is 2. The zero-order valence-electron chi connectivity index (χ0n) is 16.8. The molecule has 0 spiro atoms.